The summed E-state index contributed by atoms with van der Waals surface area (Å²) in [4.78, 5) is 31.8. The smallest absolute Gasteiger partial charge is 0.271 e. The fourth-order valence-corrected chi connectivity index (χ4v) is 4.15. The minimum atomic E-state index is -1.76. The summed E-state index contributed by atoms with van der Waals surface area (Å²) in [6.07, 6.45) is 2.83. The zero-order chi connectivity index (χ0) is 26.0. The molecule has 3 aromatic rings. The number of amides is 1. The van der Waals surface area contributed by atoms with E-state index in [1.807, 2.05) is 13.8 Å². The van der Waals surface area contributed by atoms with E-state index in [9.17, 15) is 18.7 Å². The molecule has 0 aliphatic carbocycles. The molecule has 1 aliphatic rings. The molecule has 0 aromatic carbocycles. The molecule has 0 bridgehead atoms. The van der Waals surface area contributed by atoms with Crippen molar-refractivity contribution in [1.82, 2.24) is 25.3 Å². The topological polar surface area (TPSA) is 142 Å². The van der Waals surface area contributed by atoms with Crippen molar-refractivity contribution in [3.05, 3.63) is 42.0 Å². The molecule has 5 N–H and O–H groups in total. The first kappa shape index (κ1) is 25.6. The molecule has 3 aromatic heterocycles. The zero-order valence-electron chi connectivity index (χ0n) is 20.4. The Balaban J connectivity index is 1.63. The summed E-state index contributed by atoms with van der Waals surface area (Å²) >= 11 is 0. The monoisotopic (exact) mass is 500 g/mol. The second-order valence-electron chi connectivity index (χ2n) is 9.44. The van der Waals surface area contributed by atoms with Crippen molar-refractivity contribution in [2.45, 2.75) is 51.0 Å². The minimum absolute atomic E-state index is 0.0203. The van der Waals surface area contributed by atoms with E-state index in [4.69, 9.17) is 5.73 Å². The first-order valence-corrected chi connectivity index (χ1v) is 11.7. The number of aromatic nitrogens is 4. The van der Waals surface area contributed by atoms with Crippen LogP contribution in [-0.2, 0) is 0 Å². The lowest BCUT2D eigenvalue weighted by Crippen LogP contribution is -2.52. The summed E-state index contributed by atoms with van der Waals surface area (Å²) in [7, 11) is 0. The molecule has 4 rings (SSSR count). The Morgan fingerprint density at radius 2 is 2.06 bits per heavy atom. The van der Waals surface area contributed by atoms with Crippen molar-refractivity contribution in [3.8, 4) is 0 Å². The normalized spacial score (nSPS) is 21.0. The third-order valence-electron chi connectivity index (χ3n) is 6.17. The maximum Gasteiger partial charge on any atom is 0.271 e. The number of pyridine rings is 2. The molecule has 10 nitrogen and oxygen atoms in total. The highest BCUT2D eigenvalue weighted by Gasteiger charge is 2.39. The van der Waals surface area contributed by atoms with Gasteiger partial charge < -0.3 is 26.4 Å². The van der Waals surface area contributed by atoms with Gasteiger partial charge in [-0.15, -0.1) is 0 Å². The van der Waals surface area contributed by atoms with E-state index in [-0.39, 0.29) is 24.6 Å². The summed E-state index contributed by atoms with van der Waals surface area (Å²) in [6.45, 7) is 4.89. The standard InChI is InChI=1S/C24H30F2N8O2/c1-13(2)15-10-30-21(22(36)31-18(27)9-25)16-11-29-20(8-14(15)16)32-19-4-6-28-23(33-19)34-7-5-17(35)24(3,26)12-34/h4,6,8,10-11,13,17-18,35H,5,7,9,12,27H2,1-3H3,(H,31,36)(H,28,29,32,33)/t17-,18-,24+/m1/s1. The molecule has 0 saturated carbocycles. The Kier molecular flexibility index (Phi) is 7.27. The number of aliphatic hydroxyl groups excluding tert-OH is 1. The molecule has 0 radical (unpaired) electrons. The third kappa shape index (κ3) is 5.34. The Morgan fingerprint density at radius 3 is 2.75 bits per heavy atom. The first-order valence-electron chi connectivity index (χ1n) is 11.7. The van der Waals surface area contributed by atoms with E-state index < -0.39 is 30.5 Å². The molecule has 192 valence electrons. The minimum Gasteiger partial charge on any atom is -0.390 e. The fourth-order valence-electron chi connectivity index (χ4n) is 4.15. The van der Waals surface area contributed by atoms with Gasteiger partial charge in [-0.3, -0.25) is 9.78 Å². The SMILES string of the molecule is CC(C)c1cnc(C(=O)N[C@@H](N)CF)c2cnc(Nc3ccnc(N4CC[C@@H](O)[C@@](C)(F)C4)n3)cc12. The Hall–Kier alpha value is -3.51. The number of nitrogens with one attached hydrogen (secondary N) is 2. The van der Waals surface area contributed by atoms with Crippen LogP contribution in [0, 0.1) is 0 Å². The van der Waals surface area contributed by atoms with Crippen LogP contribution in [0.5, 0.6) is 0 Å². The maximum atomic E-state index is 14.6. The van der Waals surface area contributed by atoms with Gasteiger partial charge in [0, 0.05) is 30.5 Å². The molecule has 1 amide bonds. The first-order chi connectivity index (χ1) is 17.1. The number of carbonyl (C=O) groups excluding carboxylic acids is 1. The molecule has 12 heteroatoms. The molecule has 1 saturated heterocycles. The predicted octanol–water partition coefficient (Wildman–Crippen LogP) is 2.57. The van der Waals surface area contributed by atoms with Crippen LogP contribution in [0.1, 0.15) is 49.2 Å². The number of nitrogens with two attached hydrogens (primary N) is 1. The summed E-state index contributed by atoms with van der Waals surface area (Å²) < 4.78 is 27.4. The van der Waals surface area contributed by atoms with Crippen LogP contribution in [0.15, 0.2) is 30.7 Å². The van der Waals surface area contributed by atoms with Gasteiger partial charge in [0.2, 0.25) is 5.95 Å². The molecule has 0 unspecified atom stereocenters. The number of carbonyl (C=O) groups is 1. The zero-order valence-corrected chi connectivity index (χ0v) is 20.4. The number of hydrogen-bond acceptors (Lipinski definition) is 9. The summed E-state index contributed by atoms with van der Waals surface area (Å²) in [5.74, 6) is 0.777. The molecular weight excluding hydrogens is 470 g/mol. The van der Waals surface area contributed by atoms with Crippen molar-refractivity contribution in [2.75, 3.05) is 30.0 Å². The van der Waals surface area contributed by atoms with Crippen molar-refractivity contribution >= 4 is 34.3 Å². The number of aliphatic hydroxyl groups is 1. The van der Waals surface area contributed by atoms with Crippen LogP contribution in [0.4, 0.5) is 26.4 Å². The van der Waals surface area contributed by atoms with Gasteiger partial charge in [-0.1, -0.05) is 13.8 Å². The Bertz CT molecular complexity index is 1260. The number of hydrogen-bond donors (Lipinski definition) is 4. The highest BCUT2D eigenvalue weighted by Crippen LogP contribution is 2.30. The van der Waals surface area contributed by atoms with Crippen molar-refractivity contribution in [3.63, 3.8) is 0 Å². The lowest BCUT2D eigenvalue weighted by Gasteiger charge is -2.38. The van der Waals surface area contributed by atoms with Gasteiger partial charge >= 0.3 is 0 Å². The molecule has 0 spiro atoms. The fraction of sp³-hybridized carbons (Fsp3) is 0.458. The number of piperidine rings is 1. The Morgan fingerprint density at radius 1 is 1.28 bits per heavy atom. The highest BCUT2D eigenvalue weighted by molar-refractivity contribution is 6.06. The molecular formula is C24H30F2N8O2. The highest BCUT2D eigenvalue weighted by atomic mass is 19.1. The average Bonchev–Trinajstić information content (AvgIpc) is 2.84. The average molecular weight is 501 g/mol. The number of halogens is 2. The van der Waals surface area contributed by atoms with Gasteiger partial charge in [0.05, 0.1) is 12.6 Å². The van der Waals surface area contributed by atoms with Crippen LogP contribution in [0.3, 0.4) is 0 Å². The van der Waals surface area contributed by atoms with Crippen molar-refractivity contribution < 1.29 is 18.7 Å². The lowest BCUT2D eigenvalue weighted by molar-refractivity contribution is -0.00860. The number of nitrogens with zero attached hydrogens (tertiary/aromatic N) is 5. The second kappa shape index (κ2) is 10.2. The lowest BCUT2D eigenvalue weighted by atomic mass is 9.94. The van der Waals surface area contributed by atoms with Crippen LogP contribution in [-0.4, -0.2) is 68.7 Å². The number of rotatable bonds is 7. The summed E-state index contributed by atoms with van der Waals surface area (Å²) in [5.41, 5.74) is 4.76. The summed E-state index contributed by atoms with van der Waals surface area (Å²) in [6, 6.07) is 3.45. The van der Waals surface area contributed by atoms with Crippen molar-refractivity contribution in [1.29, 1.82) is 0 Å². The number of anilines is 3. The van der Waals surface area contributed by atoms with Gasteiger partial charge in [-0.2, -0.15) is 4.98 Å². The van der Waals surface area contributed by atoms with E-state index in [1.165, 1.54) is 13.1 Å². The third-order valence-corrected chi connectivity index (χ3v) is 6.17. The molecule has 1 fully saturated rings. The van der Waals surface area contributed by atoms with Crippen LogP contribution >= 0.6 is 0 Å². The molecule has 1 aliphatic heterocycles. The maximum absolute atomic E-state index is 14.6. The second-order valence-corrected chi connectivity index (χ2v) is 9.44. The predicted molar refractivity (Wildman–Crippen MR) is 133 cm³/mol. The molecule has 3 atom stereocenters. The van der Waals surface area contributed by atoms with Gasteiger partial charge in [0.25, 0.3) is 5.91 Å². The quantitative estimate of drug-likeness (QED) is 0.360. The van der Waals surface area contributed by atoms with Crippen LogP contribution in [0.2, 0.25) is 0 Å². The summed E-state index contributed by atoms with van der Waals surface area (Å²) in [5, 5.41) is 16.7. The largest absolute Gasteiger partial charge is 0.390 e. The van der Waals surface area contributed by atoms with Crippen molar-refractivity contribution in [2.24, 2.45) is 5.73 Å². The van der Waals surface area contributed by atoms with Gasteiger partial charge in [-0.05, 0) is 42.3 Å². The molecule has 4 heterocycles. The van der Waals surface area contributed by atoms with Crippen LogP contribution in [0.25, 0.3) is 10.8 Å². The van der Waals surface area contributed by atoms with E-state index in [1.54, 1.807) is 29.4 Å². The van der Waals surface area contributed by atoms with Gasteiger partial charge in [0.15, 0.2) is 5.67 Å². The number of alkyl halides is 2. The Labute approximate surface area is 207 Å². The number of fused-ring (bicyclic) bond motifs is 1. The van der Waals surface area contributed by atoms with E-state index in [2.05, 4.69) is 30.6 Å². The van der Waals surface area contributed by atoms with Gasteiger partial charge in [-0.25, -0.2) is 18.7 Å². The van der Waals surface area contributed by atoms with E-state index >= 15 is 0 Å². The molecule has 36 heavy (non-hydrogen) atoms. The van der Waals surface area contributed by atoms with Crippen LogP contribution < -0.4 is 21.3 Å². The van der Waals surface area contributed by atoms with E-state index in [0.717, 1.165) is 10.9 Å². The van der Waals surface area contributed by atoms with E-state index in [0.29, 0.717) is 29.5 Å². The van der Waals surface area contributed by atoms with Gasteiger partial charge in [0.1, 0.15) is 30.2 Å².